The number of rotatable bonds is 4. The van der Waals surface area contributed by atoms with Crippen molar-refractivity contribution in [3.8, 4) is 16.9 Å². The van der Waals surface area contributed by atoms with Gasteiger partial charge >= 0.3 is 0 Å². The van der Waals surface area contributed by atoms with Crippen LogP contribution in [0.15, 0.2) is 47.0 Å². The molecule has 1 N–H and O–H groups in total. The Labute approximate surface area is 223 Å². The largest absolute Gasteiger partial charge is 0.491 e. The molecule has 1 aromatic heterocycles. The van der Waals surface area contributed by atoms with Crippen molar-refractivity contribution < 1.29 is 23.6 Å². The fourth-order valence-corrected chi connectivity index (χ4v) is 5.30. The minimum Gasteiger partial charge on any atom is -0.491 e. The fourth-order valence-electron chi connectivity index (χ4n) is 5.30. The van der Waals surface area contributed by atoms with Crippen molar-refractivity contribution in [3.05, 3.63) is 70.6 Å². The van der Waals surface area contributed by atoms with Crippen LogP contribution in [0.25, 0.3) is 11.1 Å². The summed E-state index contributed by atoms with van der Waals surface area (Å²) in [6.07, 6.45) is 3.98. The molecule has 0 radical (unpaired) electrons. The number of carbonyl (C=O) groups excluding carboxylic acids is 2. The number of ether oxygens (including phenoxy) is 2. The average molecular weight is 518 g/mol. The summed E-state index contributed by atoms with van der Waals surface area (Å²) in [6, 6.07) is 13.7. The first kappa shape index (κ1) is 26.0. The number of nitrogens with zero attached hydrogens (tertiary/aromatic N) is 2. The Bertz CT molecular complexity index is 1280. The minimum atomic E-state index is -0.142. The molecule has 1 saturated heterocycles. The summed E-state index contributed by atoms with van der Waals surface area (Å²) in [4.78, 5) is 27.8. The Balaban J connectivity index is 1.40. The maximum absolute atomic E-state index is 13.1. The second-order valence-corrected chi connectivity index (χ2v) is 10.1. The van der Waals surface area contributed by atoms with E-state index in [-0.39, 0.29) is 17.9 Å². The molecule has 3 heterocycles. The van der Waals surface area contributed by atoms with Gasteiger partial charge in [0.1, 0.15) is 18.1 Å². The zero-order valence-electron chi connectivity index (χ0n) is 22.1. The van der Waals surface area contributed by atoms with E-state index in [9.17, 15) is 9.59 Å². The maximum atomic E-state index is 13.1. The van der Waals surface area contributed by atoms with Crippen molar-refractivity contribution in [2.24, 2.45) is 0 Å². The van der Waals surface area contributed by atoms with Crippen LogP contribution in [0.5, 0.6) is 5.75 Å². The lowest BCUT2D eigenvalue weighted by Gasteiger charge is -2.24. The third kappa shape index (κ3) is 6.07. The molecule has 5 rings (SSSR count). The van der Waals surface area contributed by atoms with Gasteiger partial charge < -0.3 is 24.2 Å². The van der Waals surface area contributed by atoms with Crippen LogP contribution in [0.2, 0.25) is 0 Å². The highest BCUT2D eigenvalue weighted by Crippen LogP contribution is 2.32. The third-order valence-corrected chi connectivity index (χ3v) is 7.31. The molecule has 1 atom stereocenters. The number of benzene rings is 2. The Kier molecular flexibility index (Phi) is 8.08. The Morgan fingerprint density at radius 2 is 2.00 bits per heavy atom. The van der Waals surface area contributed by atoms with Crippen molar-refractivity contribution in [3.63, 3.8) is 0 Å². The Morgan fingerprint density at radius 1 is 1.11 bits per heavy atom. The zero-order valence-corrected chi connectivity index (χ0v) is 22.1. The predicted octanol–water partition coefficient (Wildman–Crippen LogP) is 4.46. The highest BCUT2D eigenvalue weighted by Gasteiger charge is 2.21. The molecule has 0 saturated carbocycles. The number of hydrogen-bond acceptors (Lipinski definition) is 6. The number of fused-ring (bicyclic) bond motifs is 3. The topological polar surface area (TPSA) is 93.9 Å². The molecule has 1 unspecified atom stereocenters. The molecule has 38 heavy (non-hydrogen) atoms. The molecule has 1 fully saturated rings. The normalized spacial score (nSPS) is 18.3. The van der Waals surface area contributed by atoms with Gasteiger partial charge in [0.05, 0.1) is 18.3 Å². The van der Waals surface area contributed by atoms with Crippen molar-refractivity contribution in [1.82, 2.24) is 15.4 Å². The summed E-state index contributed by atoms with van der Waals surface area (Å²) in [6.45, 7) is 6.23. The summed E-state index contributed by atoms with van der Waals surface area (Å²) in [5.74, 6) is 1.44. The van der Waals surface area contributed by atoms with Gasteiger partial charge in [-0.1, -0.05) is 23.4 Å². The fraction of sp³-hybridized carbons (Fsp3) is 0.433. The molecule has 3 aromatic rings. The van der Waals surface area contributed by atoms with E-state index in [4.69, 9.17) is 14.0 Å². The highest BCUT2D eigenvalue weighted by molar-refractivity contribution is 5.94. The molecule has 200 valence electrons. The molecule has 0 aliphatic carbocycles. The molecule has 2 aliphatic heterocycles. The summed E-state index contributed by atoms with van der Waals surface area (Å²) >= 11 is 0. The first-order valence-electron chi connectivity index (χ1n) is 13.4. The zero-order chi connectivity index (χ0) is 26.5. The average Bonchev–Trinajstić information content (AvgIpc) is 3.56. The van der Waals surface area contributed by atoms with Gasteiger partial charge in [0.25, 0.3) is 5.91 Å². The van der Waals surface area contributed by atoms with E-state index in [1.54, 1.807) is 4.90 Å². The first-order chi connectivity index (χ1) is 18.5. The number of aromatic nitrogens is 1. The van der Waals surface area contributed by atoms with E-state index >= 15 is 0 Å². The number of carbonyl (C=O) groups is 2. The van der Waals surface area contributed by atoms with E-state index in [1.807, 2.05) is 50.2 Å². The Hall–Kier alpha value is -3.65. The minimum absolute atomic E-state index is 0.0569. The van der Waals surface area contributed by atoms with Gasteiger partial charge in [0, 0.05) is 43.7 Å². The van der Waals surface area contributed by atoms with Crippen LogP contribution >= 0.6 is 0 Å². The number of amides is 2. The lowest BCUT2D eigenvalue weighted by Crippen LogP contribution is -2.41. The van der Waals surface area contributed by atoms with Crippen LogP contribution in [0.3, 0.4) is 0 Å². The van der Waals surface area contributed by atoms with Crippen LogP contribution in [0.4, 0.5) is 0 Å². The quantitative estimate of drug-likeness (QED) is 0.549. The Morgan fingerprint density at radius 3 is 2.79 bits per heavy atom. The van der Waals surface area contributed by atoms with Gasteiger partial charge in [0.15, 0.2) is 0 Å². The van der Waals surface area contributed by atoms with Crippen LogP contribution < -0.4 is 10.1 Å². The molecule has 2 bridgehead atoms. The van der Waals surface area contributed by atoms with Crippen LogP contribution in [-0.4, -0.2) is 60.8 Å². The van der Waals surface area contributed by atoms with Gasteiger partial charge in [-0.25, -0.2) is 0 Å². The molecule has 2 aliphatic rings. The van der Waals surface area contributed by atoms with Crippen molar-refractivity contribution in [2.75, 3.05) is 32.8 Å². The van der Waals surface area contributed by atoms with E-state index in [0.717, 1.165) is 65.3 Å². The summed E-state index contributed by atoms with van der Waals surface area (Å²) < 4.78 is 17.4. The maximum Gasteiger partial charge on any atom is 0.251 e. The summed E-state index contributed by atoms with van der Waals surface area (Å²) in [7, 11) is 0. The van der Waals surface area contributed by atoms with E-state index in [2.05, 4.69) is 16.5 Å². The van der Waals surface area contributed by atoms with Gasteiger partial charge in [-0.2, -0.15) is 0 Å². The monoisotopic (exact) mass is 517 g/mol. The predicted molar refractivity (Wildman–Crippen MR) is 143 cm³/mol. The van der Waals surface area contributed by atoms with Crippen molar-refractivity contribution >= 4 is 11.8 Å². The van der Waals surface area contributed by atoms with Crippen LogP contribution in [-0.2, 0) is 16.0 Å². The molecule has 2 amide bonds. The van der Waals surface area contributed by atoms with E-state index < -0.39 is 0 Å². The smallest absolute Gasteiger partial charge is 0.251 e. The van der Waals surface area contributed by atoms with Crippen molar-refractivity contribution in [1.29, 1.82) is 0 Å². The van der Waals surface area contributed by atoms with Crippen LogP contribution in [0.1, 0.15) is 58.6 Å². The van der Waals surface area contributed by atoms with Gasteiger partial charge in [0.2, 0.25) is 5.91 Å². The second-order valence-electron chi connectivity index (χ2n) is 10.1. The number of aryl methyl sites for hydroxylation is 2. The molecular formula is C30H35N3O5. The van der Waals surface area contributed by atoms with E-state index in [1.165, 1.54) is 0 Å². The lowest BCUT2D eigenvalue weighted by atomic mass is 9.96. The molecule has 8 heteroatoms. The highest BCUT2D eigenvalue weighted by atomic mass is 16.5. The standard InChI is InChI=1S/C30H35N3O5/c1-20-29(21(2)38-32-20)23-8-10-27-25(19-23)18-22-5-3-6-24(17-22)30(35)31-12-13-33(14-16-37-27)28(34)11-9-26-7-4-15-36-26/h3,5-6,8,10,17,19,26H,4,7,9,11-16,18H2,1-2H3,(H,31,35). The SMILES string of the molecule is Cc1noc(C)c1-c1ccc2c(c1)Cc1cccc(c1)C(=O)NCCN(C(=O)CCC1CCCO1)CCO2. The third-order valence-electron chi connectivity index (χ3n) is 7.31. The molecule has 8 nitrogen and oxygen atoms in total. The number of hydrogen-bond donors (Lipinski definition) is 1. The molecule has 0 spiro atoms. The van der Waals surface area contributed by atoms with Gasteiger partial charge in [-0.15, -0.1) is 0 Å². The van der Waals surface area contributed by atoms with Crippen LogP contribution in [0, 0.1) is 13.8 Å². The first-order valence-corrected chi connectivity index (χ1v) is 13.4. The van der Waals surface area contributed by atoms with Crippen molar-refractivity contribution in [2.45, 2.75) is 52.1 Å². The second kappa shape index (κ2) is 11.8. The number of nitrogens with one attached hydrogen (secondary N) is 1. The summed E-state index contributed by atoms with van der Waals surface area (Å²) in [5.41, 5.74) is 5.42. The van der Waals surface area contributed by atoms with Gasteiger partial charge in [-0.05, 0) is 74.1 Å². The molecule has 2 aromatic carbocycles. The molecular weight excluding hydrogens is 482 g/mol. The van der Waals surface area contributed by atoms with Gasteiger partial charge in [-0.3, -0.25) is 9.59 Å². The van der Waals surface area contributed by atoms with E-state index in [0.29, 0.717) is 44.6 Å². The summed E-state index contributed by atoms with van der Waals surface area (Å²) in [5, 5.41) is 7.08. The lowest BCUT2D eigenvalue weighted by molar-refractivity contribution is -0.132.